The molecule has 1 atom stereocenters. The summed E-state index contributed by atoms with van der Waals surface area (Å²) in [5.41, 5.74) is 3.51. The molecule has 0 bridgehead atoms. The minimum absolute atomic E-state index is 0.144. The number of hydrogen-bond acceptors (Lipinski definition) is 5. The summed E-state index contributed by atoms with van der Waals surface area (Å²) in [4.78, 5) is 2.03. The highest BCUT2D eigenvalue weighted by Crippen LogP contribution is 2.32. The van der Waals surface area contributed by atoms with Crippen LogP contribution < -0.4 is 4.90 Å². The molecule has 132 valence electrons. The lowest BCUT2D eigenvalue weighted by molar-refractivity contribution is 0.122. The number of rotatable bonds is 3. The maximum Gasteiger partial charge on any atom is 0.147 e. The minimum Gasteiger partial charge on any atom is -0.378 e. The Morgan fingerprint density at radius 2 is 2.00 bits per heavy atom. The van der Waals surface area contributed by atoms with Gasteiger partial charge in [0, 0.05) is 50.9 Å². The van der Waals surface area contributed by atoms with E-state index in [2.05, 4.69) is 10.2 Å². The number of aryl methyl sites for hydroxylation is 1. The van der Waals surface area contributed by atoms with Gasteiger partial charge in [-0.25, -0.2) is 4.39 Å². The van der Waals surface area contributed by atoms with Gasteiger partial charge in [-0.2, -0.15) is 10.2 Å². The highest BCUT2D eigenvalue weighted by molar-refractivity contribution is 6.02. The number of nitrogens with zero attached hydrogens (tertiary/aromatic N) is 5. The molecule has 1 saturated heterocycles. The normalized spacial score (nSPS) is 20.9. The van der Waals surface area contributed by atoms with Crippen LogP contribution in [-0.4, -0.2) is 53.9 Å². The van der Waals surface area contributed by atoms with Crippen molar-refractivity contribution < 1.29 is 9.13 Å². The van der Waals surface area contributed by atoms with E-state index in [0.717, 1.165) is 36.3 Å². The van der Waals surface area contributed by atoms with Crippen molar-refractivity contribution in [2.75, 3.05) is 38.3 Å². The fourth-order valence-electron chi connectivity index (χ4n) is 3.48. The van der Waals surface area contributed by atoms with Gasteiger partial charge in [-0.3, -0.25) is 9.69 Å². The molecule has 1 aromatic heterocycles. The average molecular weight is 343 g/mol. The second-order valence-corrected chi connectivity index (χ2v) is 6.55. The first kappa shape index (κ1) is 16.1. The summed E-state index contributed by atoms with van der Waals surface area (Å²) < 4.78 is 21.8. The standard InChI is InChI=1S/C18H22FN5O/c1-22-12-14(11-20-22)18-10-16(21-23(18)2)13-3-4-17(15(19)9-13)24-5-7-25-8-6-24/h3-4,9,11-12,18H,5-8,10H2,1-2H3/t18-/m0/s1. The molecular weight excluding hydrogens is 321 g/mol. The van der Waals surface area contributed by atoms with Crippen molar-refractivity contribution in [3.05, 3.63) is 47.5 Å². The van der Waals surface area contributed by atoms with Crippen LogP contribution in [0.4, 0.5) is 10.1 Å². The Morgan fingerprint density at radius 1 is 1.20 bits per heavy atom. The first-order valence-electron chi connectivity index (χ1n) is 8.53. The van der Waals surface area contributed by atoms with Crippen LogP contribution >= 0.6 is 0 Å². The Kier molecular flexibility index (Phi) is 4.17. The van der Waals surface area contributed by atoms with E-state index in [9.17, 15) is 4.39 Å². The molecule has 0 N–H and O–H groups in total. The van der Waals surface area contributed by atoms with E-state index in [1.165, 1.54) is 0 Å². The third-order valence-electron chi connectivity index (χ3n) is 4.86. The molecular formula is C18H22FN5O. The summed E-state index contributed by atoms with van der Waals surface area (Å²) in [6, 6.07) is 5.57. The lowest BCUT2D eigenvalue weighted by Gasteiger charge is -2.29. The van der Waals surface area contributed by atoms with Crippen molar-refractivity contribution in [1.29, 1.82) is 0 Å². The largest absolute Gasteiger partial charge is 0.378 e. The van der Waals surface area contributed by atoms with Crippen LogP contribution in [0.2, 0.25) is 0 Å². The molecule has 4 rings (SSSR count). The van der Waals surface area contributed by atoms with Crippen LogP contribution in [0.3, 0.4) is 0 Å². The number of benzene rings is 1. The zero-order valence-corrected chi connectivity index (χ0v) is 14.5. The van der Waals surface area contributed by atoms with E-state index in [4.69, 9.17) is 4.74 Å². The fourth-order valence-corrected chi connectivity index (χ4v) is 3.48. The topological polar surface area (TPSA) is 45.9 Å². The minimum atomic E-state index is -0.199. The zero-order valence-electron chi connectivity index (χ0n) is 14.5. The Labute approximate surface area is 146 Å². The molecule has 7 heteroatoms. The predicted octanol–water partition coefficient (Wildman–Crippen LogP) is 2.18. The summed E-state index contributed by atoms with van der Waals surface area (Å²) in [6.45, 7) is 2.74. The van der Waals surface area contributed by atoms with Crippen molar-refractivity contribution in [3.63, 3.8) is 0 Å². The molecule has 2 aliphatic heterocycles. The van der Waals surface area contributed by atoms with E-state index in [-0.39, 0.29) is 11.9 Å². The maximum atomic E-state index is 14.6. The molecule has 0 spiro atoms. The van der Waals surface area contributed by atoms with Gasteiger partial charge < -0.3 is 9.64 Å². The average Bonchev–Trinajstić information content (AvgIpc) is 3.21. The first-order chi connectivity index (χ1) is 12.1. The van der Waals surface area contributed by atoms with Crippen LogP contribution in [0, 0.1) is 5.82 Å². The van der Waals surface area contributed by atoms with Gasteiger partial charge in [0.15, 0.2) is 0 Å². The highest BCUT2D eigenvalue weighted by atomic mass is 19.1. The molecule has 3 heterocycles. The molecule has 2 aliphatic rings. The van der Waals surface area contributed by atoms with Gasteiger partial charge in [-0.15, -0.1) is 0 Å². The van der Waals surface area contributed by atoms with Gasteiger partial charge in [-0.05, 0) is 12.1 Å². The lowest BCUT2D eigenvalue weighted by atomic mass is 10.0. The van der Waals surface area contributed by atoms with Crippen LogP contribution in [0.25, 0.3) is 0 Å². The molecule has 6 nitrogen and oxygen atoms in total. The second-order valence-electron chi connectivity index (χ2n) is 6.55. The molecule has 2 aromatic rings. The molecule has 0 amide bonds. The highest BCUT2D eigenvalue weighted by Gasteiger charge is 2.27. The number of morpholine rings is 1. The van der Waals surface area contributed by atoms with Gasteiger partial charge >= 0.3 is 0 Å². The van der Waals surface area contributed by atoms with E-state index >= 15 is 0 Å². The van der Waals surface area contributed by atoms with Gasteiger partial charge in [0.05, 0.1) is 36.9 Å². The summed E-state index contributed by atoms with van der Waals surface area (Å²) in [5.74, 6) is -0.199. The number of anilines is 1. The SMILES string of the molecule is CN1N=C(c2ccc(N3CCOCC3)c(F)c2)C[C@H]1c1cnn(C)c1. The van der Waals surface area contributed by atoms with Crippen LogP contribution in [-0.2, 0) is 11.8 Å². The van der Waals surface area contributed by atoms with Crippen LogP contribution in [0.5, 0.6) is 0 Å². The van der Waals surface area contributed by atoms with Crippen molar-refractivity contribution in [2.24, 2.45) is 12.1 Å². The van der Waals surface area contributed by atoms with Gasteiger partial charge in [0.25, 0.3) is 0 Å². The number of ether oxygens (including phenoxy) is 1. The van der Waals surface area contributed by atoms with Crippen molar-refractivity contribution >= 4 is 11.4 Å². The smallest absolute Gasteiger partial charge is 0.147 e. The number of aromatic nitrogens is 2. The number of halogens is 1. The molecule has 0 saturated carbocycles. The van der Waals surface area contributed by atoms with Crippen LogP contribution in [0.1, 0.15) is 23.6 Å². The van der Waals surface area contributed by atoms with E-state index in [1.807, 2.05) is 48.5 Å². The summed E-state index contributed by atoms with van der Waals surface area (Å²) in [7, 11) is 3.85. The zero-order chi connectivity index (χ0) is 17.4. The van der Waals surface area contributed by atoms with Crippen molar-refractivity contribution in [2.45, 2.75) is 12.5 Å². The molecule has 1 fully saturated rings. The van der Waals surface area contributed by atoms with E-state index in [0.29, 0.717) is 18.9 Å². The lowest BCUT2D eigenvalue weighted by Crippen LogP contribution is -2.36. The van der Waals surface area contributed by atoms with E-state index < -0.39 is 0 Å². The quantitative estimate of drug-likeness (QED) is 0.857. The fraction of sp³-hybridized carbons (Fsp3) is 0.444. The second kappa shape index (κ2) is 6.48. The Bertz CT molecular complexity index is 797. The van der Waals surface area contributed by atoms with Crippen molar-refractivity contribution in [3.8, 4) is 0 Å². The Hall–Kier alpha value is -2.41. The Morgan fingerprint density at radius 3 is 2.68 bits per heavy atom. The van der Waals surface area contributed by atoms with Gasteiger partial charge in [0.2, 0.25) is 0 Å². The third kappa shape index (κ3) is 3.11. The molecule has 0 aliphatic carbocycles. The van der Waals surface area contributed by atoms with Gasteiger partial charge in [-0.1, -0.05) is 6.07 Å². The molecule has 0 unspecified atom stereocenters. The maximum absolute atomic E-state index is 14.6. The van der Waals surface area contributed by atoms with Gasteiger partial charge in [0.1, 0.15) is 5.82 Å². The Balaban J connectivity index is 1.54. The molecule has 0 radical (unpaired) electrons. The van der Waals surface area contributed by atoms with Crippen LogP contribution in [0.15, 0.2) is 35.7 Å². The van der Waals surface area contributed by atoms with Crippen molar-refractivity contribution in [1.82, 2.24) is 14.8 Å². The number of hydrazone groups is 1. The van der Waals surface area contributed by atoms with E-state index in [1.54, 1.807) is 10.7 Å². The third-order valence-corrected chi connectivity index (χ3v) is 4.86. The molecule has 25 heavy (non-hydrogen) atoms. The summed E-state index contributed by atoms with van der Waals surface area (Å²) in [6.07, 6.45) is 4.61. The molecule has 1 aromatic carbocycles. The monoisotopic (exact) mass is 343 g/mol. The summed E-state index contributed by atoms with van der Waals surface area (Å²) in [5, 5.41) is 10.8. The summed E-state index contributed by atoms with van der Waals surface area (Å²) >= 11 is 0. The first-order valence-corrected chi connectivity index (χ1v) is 8.53. The number of hydrogen-bond donors (Lipinski definition) is 0. The predicted molar refractivity (Wildman–Crippen MR) is 94.3 cm³/mol.